The Morgan fingerprint density at radius 2 is 2.17 bits per heavy atom. The summed E-state index contributed by atoms with van der Waals surface area (Å²) < 4.78 is 0. The number of likely N-dealkylation sites (tertiary alicyclic amines) is 1. The normalized spacial score (nSPS) is 19.8. The van der Waals surface area contributed by atoms with E-state index in [0.717, 1.165) is 11.4 Å². The highest BCUT2D eigenvalue weighted by atomic mass is 16.2. The SMILES string of the molecule is Cc1cc(NC2CC(=O)N(C(C)C)C2=O)ccn1. The molecule has 0 aromatic carbocycles. The summed E-state index contributed by atoms with van der Waals surface area (Å²) in [5.74, 6) is -0.261. The van der Waals surface area contributed by atoms with Crippen LogP contribution in [0.5, 0.6) is 0 Å². The van der Waals surface area contributed by atoms with E-state index in [9.17, 15) is 9.59 Å². The molecular weight excluding hydrogens is 230 g/mol. The molecule has 2 amide bonds. The number of amides is 2. The number of carbonyl (C=O) groups excluding carboxylic acids is 2. The maximum atomic E-state index is 12.1. The van der Waals surface area contributed by atoms with E-state index in [0.29, 0.717) is 0 Å². The number of aryl methyl sites for hydroxylation is 1. The van der Waals surface area contributed by atoms with Crippen molar-refractivity contribution in [2.45, 2.75) is 39.3 Å². The monoisotopic (exact) mass is 247 g/mol. The first-order chi connectivity index (χ1) is 8.49. The van der Waals surface area contributed by atoms with Crippen LogP contribution in [0.2, 0.25) is 0 Å². The lowest BCUT2D eigenvalue weighted by Crippen LogP contribution is -2.39. The van der Waals surface area contributed by atoms with E-state index >= 15 is 0 Å². The average Bonchev–Trinajstić information content (AvgIpc) is 2.54. The number of rotatable bonds is 3. The van der Waals surface area contributed by atoms with Crippen LogP contribution in [0, 0.1) is 6.92 Å². The van der Waals surface area contributed by atoms with Crippen molar-refractivity contribution in [3.05, 3.63) is 24.0 Å². The Kier molecular flexibility index (Phi) is 3.32. The highest BCUT2D eigenvalue weighted by Crippen LogP contribution is 2.20. The molecule has 1 aliphatic heterocycles. The fraction of sp³-hybridized carbons (Fsp3) is 0.462. The summed E-state index contributed by atoms with van der Waals surface area (Å²) in [4.78, 5) is 29.2. The van der Waals surface area contributed by atoms with Gasteiger partial charge in [-0.05, 0) is 32.9 Å². The van der Waals surface area contributed by atoms with Gasteiger partial charge in [-0.2, -0.15) is 0 Å². The van der Waals surface area contributed by atoms with Crippen LogP contribution in [0.1, 0.15) is 26.0 Å². The van der Waals surface area contributed by atoms with Gasteiger partial charge in [-0.25, -0.2) is 0 Å². The lowest BCUT2D eigenvalue weighted by Gasteiger charge is -2.19. The Morgan fingerprint density at radius 3 is 2.72 bits per heavy atom. The molecule has 5 nitrogen and oxygen atoms in total. The first kappa shape index (κ1) is 12.5. The molecule has 1 N–H and O–H groups in total. The van der Waals surface area contributed by atoms with Crippen molar-refractivity contribution < 1.29 is 9.59 Å². The van der Waals surface area contributed by atoms with E-state index in [4.69, 9.17) is 0 Å². The van der Waals surface area contributed by atoms with E-state index in [1.54, 1.807) is 12.3 Å². The standard InChI is InChI=1S/C13H17N3O2/c1-8(2)16-12(17)7-11(13(16)18)15-10-4-5-14-9(3)6-10/h4-6,8,11H,7H2,1-3H3,(H,14,15). The number of anilines is 1. The number of nitrogens with one attached hydrogen (secondary N) is 1. The van der Waals surface area contributed by atoms with Crippen LogP contribution in [-0.2, 0) is 9.59 Å². The van der Waals surface area contributed by atoms with Crippen LogP contribution >= 0.6 is 0 Å². The largest absolute Gasteiger partial charge is 0.373 e. The molecule has 2 rings (SSSR count). The van der Waals surface area contributed by atoms with Crippen molar-refractivity contribution in [3.63, 3.8) is 0 Å². The van der Waals surface area contributed by atoms with Crippen LogP contribution in [0.25, 0.3) is 0 Å². The van der Waals surface area contributed by atoms with Crippen molar-refractivity contribution in [2.24, 2.45) is 0 Å². The lowest BCUT2D eigenvalue weighted by molar-refractivity contribution is -0.140. The Bertz CT molecular complexity index is 485. The van der Waals surface area contributed by atoms with Gasteiger partial charge >= 0.3 is 0 Å². The van der Waals surface area contributed by atoms with Crippen LogP contribution in [-0.4, -0.2) is 33.8 Å². The fourth-order valence-electron chi connectivity index (χ4n) is 2.14. The third-order valence-electron chi connectivity index (χ3n) is 2.94. The van der Waals surface area contributed by atoms with E-state index < -0.39 is 6.04 Å². The van der Waals surface area contributed by atoms with Crippen molar-refractivity contribution >= 4 is 17.5 Å². The fourth-order valence-corrected chi connectivity index (χ4v) is 2.14. The molecule has 1 fully saturated rings. The number of nitrogens with zero attached hydrogens (tertiary/aromatic N) is 2. The second kappa shape index (κ2) is 4.76. The summed E-state index contributed by atoms with van der Waals surface area (Å²) in [6, 6.07) is 3.11. The molecule has 0 saturated carbocycles. The van der Waals surface area contributed by atoms with Crippen LogP contribution in [0.4, 0.5) is 5.69 Å². The lowest BCUT2D eigenvalue weighted by atomic mass is 10.2. The molecule has 2 heterocycles. The Hall–Kier alpha value is -1.91. The van der Waals surface area contributed by atoms with Gasteiger partial charge in [0.25, 0.3) is 5.91 Å². The number of imide groups is 1. The van der Waals surface area contributed by atoms with Gasteiger partial charge in [0.1, 0.15) is 6.04 Å². The zero-order valence-corrected chi connectivity index (χ0v) is 10.8. The van der Waals surface area contributed by atoms with Gasteiger partial charge in [0.2, 0.25) is 5.91 Å². The second-order valence-corrected chi connectivity index (χ2v) is 4.78. The predicted octanol–water partition coefficient (Wildman–Crippen LogP) is 1.34. The summed E-state index contributed by atoms with van der Waals surface area (Å²) in [6.07, 6.45) is 1.90. The summed E-state index contributed by atoms with van der Waals surface area (Å²) in [5, 5.41) is 3.09. The minimum absolute atomic E-state index is 0.0871. The summed E-state index contributed by atoms with van der Waals surface area (Å²) in [7, 11) is 0. The van der Waals surface area contributed by atoms with Crippen molar-refractivity contribution in [2.75, 3.05) is 5.32 Å². The number of pyridine rings is 1. The molecule has 0 bridgehead atoms. The summed E-state index contributed by atoms with van der Waals surface area (Å²) >= 11 is 0. The molecule has 5 heteroatoms. The molecular formula is C13H17N3O2. The predicted molar refractivity (Wildman–Crippen MR) is 68.0 cm³/mol. The minimum Gasteiger partial charge on any atom is -0.373 e. The molecule has 1 aromatic rings. The zero-order chi connectivity index (χ0) is 13.3. The summed E-state index contributed by atoms with van der Waals surface area (Å²) in [5.41, 5.74) is 1.69. The van der Waals surface area contributed by atoms with Gasteiger partial charge in [-0.15, -0.1) is 0 Å². The van der Waals surface area contributed by atoms with Gasteiger partial charge in [0.15, 0.2) is 0 Å². The van der Waals surface area contributed by atoms with Crippen molar-refractivity contribution in [1.29, 1.82) is 0 Å². The number of hydrogen-bond donors (Lipinski definition) is 1. The number of hydrogen-bond acceptors (Lipinski definition) is 4. The molecule has 0 radical (unpaired) electrons. The average molecular weight is 247 g/mol. The van der Waals surface area contributed by atoms with E-state index in [1.165, 1.54) is 4.90 Å². The van der Waals surface area contributed by atoms with Crippen LogP contribution < -0.4 is 5.32 Å². The van der Waals surface area contributed by atoms with E-state index in [-0.39, 0.29) is 24.3 Å². The third kappa shape index (κ3) is 2.34. The van der Waals surface area contributed by atoms with E-state index in [1.807, 2.05) is 26.8 Å². The second-order valence-electron chi connectivity index (χ2n) is 4.78. The molecule has 1 unspecified atom stereocenters. The molecule has 1 aliphatic rings. The van der Waals surface area contributed by atoms with Gasteiger partial charge in [-0.1, -0.05) is 0 Å². The molecule has 96 valence electrons. The molecule has 0 aliphatic carbocycles. The van der Waals surface area contributed by atoms with Gasteiger partial charge < -0.3 is 5.32 Å². The van der Waals surface area contributed by atoms with Gasteiger partial charge in [0, 0.05) is 23.6 Å². The molecule has 1 saturated heterocycles. The molecule has 0 spiro atoms. The first-order valence-corrected chi connectivity index (χ1v) is 6.04. The van der Waals surface area contributed by atoms with Gasteiger partial charge in [-0.3, -0.25) is 19.5 Å². The molecule has 18 heavy (non-hydrogen) atoms. The quantitative estimate of drug-likeness (QED) is 0.819. The zero-order valence-electron chi connectivity index (χ0n) is 10.8. The third-order valence-corrected chi connectivity index (χ3v) is 2.94. The Labute approximate surface area is 106 Å². The highest BCUT2D eigenvalue weighted by Gasteiger charge is 2.39. The summed E-state index contributed by atoms with van der Waals surface area (Å²) in [6.45, 7) is 5.57. The number of aromatic nitrogens is 1. The minimum atomic E-state index is -0.457. The number of carbonyl (C=O) groups is 2. The van der Waals surface area contributed by atoms with Gasteiger partial charge in [0.05, 0.1) is 6.42 Å². The maximum absolute atomic E-state index is 12.1. The molecule has 1 aromatic heterocycles. The van der Waals surface area contributed by atoms with Crippen LogP contribution in [0.3, 0.4) is 0 Å². The van der Waals surface area contributed by atoms with Crippen molar-refractivity contribution in [1.82, 2.24) is 9.88 Å². The highest BCUT2D eigenvalue weighted by molar-refractivity contribution is 6.07. The molecule has 1 atom stereocenters. The first-order valence-electron chi connectivity index (χ1n) is 6.04. The maximum Gasteiger partial charge on any atom is 0.252 e. The topological polar surface area (TPSA) is 62.3 Å². The smallest absolute Gasteiger partial charge is 0.252 e. The van der Waals surface area contributed by atoms with Crippen LogP contribution in [0.15, 0.2) is 18.3 Å². The Balaban J connectivity index is 2.12. The Morgan fingerprint density at radius 1 is 1.44 bits per heavy atom. The van der Waals surface area contributed by atoms with E-state index in [2.05, 4.69) is 10.3 Å². The van der Waals surface area contributed by atoms with Crippen molar-refractivity contribution in [3.8, 4) is 0 Å².